The van der Waals surface area contributed by atoms with E-state index >= 15 is 0 Å². The SMILES string of the molecule is COCCOc1cc(-c2cnn(C)c2)ccc1NC=O. The lowest BCUT2D eigenvalue weighted by Crippen LogP contribution is -2.06. The number of aromatic nitrogens is 2. The van der Waals surface area contributed by atoms with Crippen molar-refractivity contribution < 1.29 is 14.3 Å². The maximum absolute atomic E-state index is 10.6. The minimum absolute atomic E-state index is 0.417. The molecular formula is C14H17N3O3. The van der Waals surface area contributed by atoms with Gasteiger partial charge in [-0.25, -0.2) is 0 Å². The number of benzene rings is 1. The number of anilines is 1. The van der Waals surface area contributed by atoms with E-state index in [0.717, 1.165) is 11.1 Å². The second-order valence-electron chi connectivity index (χ2n) is 4.22. The predicted octanol–water partition coefficient (Wildman–Crippen LogP) is 1.68. The molecule has 6 heteroatoms. The predicted molar refractivity (Wildman–Crippen MR) is 75.7 cm³/mol. The number of nitrogens with zero attached hydrogens (tertiary/aromatic N) is 2. The largest absolute Gasteiger partial charge is 0.489 e. The molecule has 0 unspecified atom stereocenters. The van der Waals surface area contributed by atoms with Crippen molar-refractivity contribution in [2.45, 2.75) is 0 Å². The maximum atomic E-state index is 10.6. The number of methoxy groups -OCH3 is 1. The van der Waals surface area contributed by atoms with E-state index in [1.165, 1.54) is 0 Å². The Morgan fingerprint density at radius 3 is 2.85 bits per heavy atom. The number of hydrogen-bond acceptors (Lipinski definition) is 4. The molecule has 2 aromatic rings. The number of carbonyl (C=O) groups is 1. The molecule has 106 valence electrons. The standard InChI is InChI=1S/C14H17N3O3/c1-17-9-12(8-16-17)11-3-4-13(15-10-18)14(7-11)20-6-5-19-2/h3-4,7-10H,5-6H2,1-2H3,(H,15,18). The van der Waals surface area contributed by atoms with Gasteiger partial charge in [-0.3, -0.25) is 9.48 Å². The van der Waals surface area contributed by atoms with Gasteiger partial charge in [0.05, 0.1) is 18.5 Å². The summed E-state index contributed by atoms with van der Waals surface area (Å²) in [4.78, 5) is 10.6. The zero-order valence-electron chi connectivity index (χ0n) is 11.5. The summed E-state index contributed by atoms with van der Waals surface area (Å²) in [6, 6.07) is 5.59. The van der Waals surface area contributed by atoms with Gasteiger partial charge in [0.1, 0.15) is 12.4 Å². The van der Waals surface area contributed by atoms with Crippen LogP contribution in [0.1, 0.15) is 0 Å². The first kappa shape index (κ1) is 14.1. The molecule has 0 spiro atoms. The molecule has 1 aromatic carbocycles. The molecule has 1 aromatic heterocycles. The fourth-order valence-corrected chi connectivity index (χ4v) is 1.81. The van der Waals surface area contributed by atoms with Crippen LogP contribution < -0.4 is 10.1 Å². The number of aryl methyl sites for hydroxylation is 1. The van der Waals surface area contributed by atoms with E-state index in [1.807, 2.05) is 25.4 Å². The first-order valence-corrected chi connectivity index (χ1v) is 6.19. The zero-order valence-corrected chi connectivity index (χ0v) is 11.5. The van der Waals surface area contributed by atoms with Gasteiger partial charge in [-0.05, 0) is 17.7 Å². The third kappa shape index (κ3) is 3.36. The molecule has 20 heavy (non-hydrogen) atoms. The minimum atomic E-state index is 0.417. The minimum Gasteiger partial charge on any atom is -0.489 e. The first-order valence-electron chi connectivity index (χ1n) is 6.19. The third-order valence-electron chi connectivity index (χ3n) is 2.78. The summed E-state index contributed by atoms with van der Waals surface area (Å²) in [5, 5.41) is 6.76. The van der Waals surface area contributed by atoms with Crippen molar-refractivity contribution in [3.8, 4) is 16.9 Å². The summed E-state index contributed by atoms with van der Waals surface area (Å²) in [5.41, 5.74) is 2.59. The number of carbonyl (C=O) groups excluding carboxylic acids is 1. The molecule has 1 N–H and O–H groups in total. The normalized spacial score (nSPS) is 10.3. The summed E-state index contributed by atoms with van der Waals surface area (Å²) < 4.78 is 12.3. The van der Waals surface area contributed by atoms with Crippen molar-refractivity contribution in [2.75, 3.05) is 25.6 Å². The average Bonchev–Trinajstić information content (AvgIpc) is 2.88. The number of ether oxygens (including phenoxy) is 2. The van der Waals surface area contributed by atoms with Gasteiger partial charge in [-0.1, -0.05) is 6.07 Å². The monoisotopic (exact) mass is 275 g/mol. The number of rotatable bonds is 7. The van der Waals surface area contributed by atoms with Gasteiger partial charge < -0.3 is 14.8 Å². The van der Waals surface area contributed by atoms with Crippen LogP contribution in [0.4, 0.5) is 5.69 Å². The molecule has 2 rings (SSSR count). The molecule has 0 aliphatic carbocycles. The second kappa shape index (κ2) is 6.72. The van der Waals surface area contributed by atoms with Gasteiger partial charge in [-0.2, -0.15) is 5.10 Å². The molecule has 0 fully saturated rings. The van der Waals surface area contributed by atoms with Crippen LogP contribution in [0.5, 0.6) is 5.75 Å². The van der Waals surface area contributed by atoms with Gasteiger partial charge in [0, 0.05) is 25.9 Å². The Hall–Kier alpha value is -2.34. The molecule has 0 saturated heterocycles. The lowest BCUT2D eigenvalue weighted by Gasteiger charge is -2.11. The Morgan fingerprint density at radius 1 is 1.35 bits per heavy atom. The fraction of sp³-hybridized carbons (Fsp3) is 0.286. The molecule has 0 radical (unpaired) electrons. The van der Waals surface area contributed by atoms with Crippen LogP contribution in [0, 0.1) is 0 Å². The summed E-state index contributed by atoms with van der Waals surface area (Å²) in [5.74, 6) is 0.607. The van der Waals surface area contributed by atoms with Crippen LogP contribution in [-0.2, 0) is 16.6 Å². The number of amides is 1. The van der Waals surface area contributed by atoms with E-state index in [1.54, 1.807) is 24.1 Å². The van der Waals surface area contributed by atoms with Gasteiger partial charge in [-0.15, -0.1) is 0 Å². The second-order valence-corrected chi connectivity index (χ2v) is 4.22. The van der Waals surface area contributed by atoms with Crippen LogP contribution in [0.25, 0.3) is 11.1 Å². The first-order chi connectivity index (χ1) is 9.74. The highest BCUT2D eigenvalue weighted by atomic mass is 16.5. The zero-order chi connectivity index (χ0) is 14.4. The van der Waals surface area contributed by atoms with E-state index in [9.17, 15) is 4.79 Å². The Balaban J connectivity index is 2.26. The topological polar surface area (TPSA) is 65.4 Å². The smallest absolute Gasteiger partial charge is 0.211 e. The lowest BCUT2D eigenvalue weighted by molar-refractivity contribution is -0.105. The Kier molecular flexibility index (Phi) is 4.73. The Bertz CT molecular complexity index is 581. The lowest BCUT2D eigenvalue weighted by atomic mass is 10.1. The van der Waals surface area contributed by atoms with Gasteiger partial charge in [0.2, 0.25) is 6.41 Å². The van der Waals surface area contributed by atoms with Gasteiger partial charge >= 0.3 is 0 Å². The van der Waals surface area contributed by atoms with E-state index in [-0.39, 0.29) is 0 Å². The Labute approximate surface area is 117 Å². The quantitative estimate of drug-likeness (QED) is 0.617. The van der Waals surface area contributed by atoms with E-state index in [4.69, 9.17) is 9.47 Å². The highest BCUT2D eigenvalue weighted by Crippen LogP contribution is 2.30. The number of nitrogens with one attached hydrogen (secondary N) is 1. The van der Waals surface area contributed by atoms with E-state index in [2.05, 4.69) is 10.4 Å². The molecule has 0 bridgehead atoms. The summed E-state index contributed by atoms with van der Waals surface area (Å²) in [7, 11) is 3.47. The van der Waals surface area contributed by atoms with Crippen molar-refractivity contribution in [1.29, 1.82) is 0 Å². The molecule has 0 aliphatic rings. The maximum Gasteiger partial charge on any atom is 0.211 e. The highest BCUT2D eigenvalue weighted by molar-refractivity contribution is 5.78. The van der Waals surface area contributed by atoms with Gasteiger partial charge in [0.15, 0.2) is 0 Å². The van der Waals surface area contributed by atoms with Crippen molar-refractivity contribution in [3.63, 3.8) is 0 Å². The molecule has 0 saturated carbocycles. The summed E-state index contributed by atoms with van der Waals surface area (Å²) in [6.45, 7) is 0.901. The molecule has 1 amide bonds. The average molecular weight is 275 g/mol. The summed E-state index contributed by atoms with van der Waals surface area (Å²) >= 11 is 0. The van der Waals surface area contributed by atoms with Crippen molar-refractivity contribution >= 4 is 12.1 Å². The van der Waals surface area contributed by atoms with Crippen LogP contribution in [-0.4, -0.2) is 36.5 Å². The van der Waals surface area contributed by atoms with Crippen molar-refractivity contribution in [3.05, 3.63) is 30.6 Å². The van der Waals surface area contributed by atoms with Crippen LogP contribution >= 0.6 is 0 Å². The van der Waals surface area contributed by atoms with Crippen molar-refractivity contribution in [1.82, 2.24) is 9.78 Å². The van der Waals surface area contributed by atoms with Crippen molar-refractivity contribution in [2.24, 2.45) is 7.05 Å². The van der Waals surface area contributed by atoms with Gasteiger partial charge in [0.25, 0.3) is 0 Å². The molecule has 6 nitrogen and oxygen atoms in total. The Morgan fingerprint density at radius 2 is 2.20 bits per heavy atom. The molecule has 1 heterocycles. The van der Waals surface area contributed by atoms with E-state index < -0.39 is 0 Å². The van der Waals surface area contributed by atoms with E-state index in [0.29, 0.717) is 31.1 Å². The highest BCUT2D eigenvalue weighted by Gasteiger charge is 2.07. The molecule has 0 aliphatic heterocycles. The number of hydrogen-bond donors (Lipinski definition) is 1. The van der Waals surface area contributed by atoms with Crippen LogP contribution in [0.3, 0.4) is 0 Å². The van der Waals surface area contributed by atoms with Crippen LogP contribution in [0.15, 0.2) is 30.6 Å². The molecular weight excluding hydrogens is 258 g/mol. The molecule has 0 atom stereocenters. The fourth-order valence-electron chi connectivity index (χ4n) is 1.81. The van der Waals surface area contributed by atoms with Crippen LogP contribution in [0.2, 0.25) is 0 Å². The third-order valence-corrected chi connectivity index (χ3v) is 2.78. The summed E-state index contributed by atoms with van der Waals surface area (Å²) in [6.07, 6.45) is 4.32.